The van der Waals surface area contributed by atoms with Gasteiger partial charge in [-0.1, -0.05) is 0 Å². The van der Waals surface area contributed by atoms with E-state index in [1.54, 1.807) is 19.1 Å². The average Bonchev–Trinajstić information content (AvgIpc) is 2.85. The van der Waals surface area contributed by atoms with E-state index in [4.69, 9.17) is 0 Å². The molecule has 0 saturated heterocycles. The summed E-state index contributed by atoms with van der Waals surface area (Å²) in [4.78, 5) is 0. The maximum Gasteiger partial charge on any atom is -1.00 e. The maximum absolute atomic E-state index is 2.49. The summed E-state index contributed by atoms with van der Waals surface area (Å²) in [6, 6.07) is 2.31. The Morgan fingerprint density at radius 3 is 2.50 bits per heavy atom. The summed E-state index contributed by atoms with van der Waals surface area (Å²) in [7, 11) is -1.41. The predicted molar refractivity (Wildman–Crippen MR) is 71.6 cm³/mol. The second kappa shape index (κ2) is 7.47. The Morgan fingerprint density at radius 1 is 1.33 bits per heavy atom. The Labute approximate surface area is 139 Å². The summed E-state index contributed by atoms with van der Waals surface area (Å²) in [5, 5.41) is 3.92. The number of halogens is 2. The Hall–Kier alpha value is 0.691. The molecule has 18 heavy (non-hydrogen) atoms. The number of aryl methyl sites for hydroxylation is 1. The van der Waals surface area contributed by atoms with E-state index in [1.165, 1.54) is 12.8 Å². The normalized spacial score (nSPS) is 14.5. The molecule has 0 aromatic carbocycles. The van der Waals surface area contributed by atoms with Crippen molar-refractivity contribution in [3.05, 3.63) is 38.2 Å². The van der Waals surface area contributed by atoms with E-state index in [2.05, 4.69) is 64.1 Å². The fraction of sp³-hybridized carbons (Fsp3) is 0.385. The van der Waals surface area contributed by atoms with Gasteiger partial charge in [0.25, 0.3) is 0 Å². The van der Waals surface area contributed by atoms with Crippen LogP contribution in [-0.2, 0) is 26.9 Å². The van der Waals surface area contributed by atoms with Crippen LogP contribution in [0.2, 0.25) is 13.1 Å². The van der Waals surface area contributed by atoms with Gasteiger partial charge in [-0.05, 0) is 0 Å². The zero-order chi connectivity index (χ0) is 11.8. The van der Waals surface area contributed by atoms with Crippen molar-refractivity contribution < 1.29 is 45.2 Å². The molecule has 5 heteroatoms. The van der Waals surface area contributed by atoms with Gasteiger partial charge >= 0.3 is 115 Å². The monoisotopic (exact) mass is 351 g/mol. The second-order valence-corrected chi connectivity index (χ2v) is 11.3. The smallest absolute Gasteiger partial charge is 1.00 e. The van der Waals surface area contributed by atoms with Gasteiger partial charge in [0.15, 0.2) is 0 Å². The summed E-state index contributed by atoms with van der Waals surface area (Å²) in [6.45, 7) is 7.25. The minimum absolute atomic E-state index is 0. The molecule has 0 atom stereocenters. The molecule has 2 rings (SSSR count). The summed E-state index contributed by atoms with van der Waals surface area (Å²) in [5.41, 5.74) is 1.57. The minimum atomic E-state index is -1.41. The van der Waals surface area contributed by atoms with Crippen molar-refractivity contribution in [2.75, 3.05) is 0 Å². The zero-order valence-corrected chi connectivity index (χ0v) is 15.8. The molecule has 0 nitrogen and oxygen atoms in total. The van der Waals surface area contributed by atoms with Gasteiger partial charge in [-0.15, -0.1) is 0 Å². The molecule has 0 amide bonds. The van der Waals surface area contributed by atoms with Crippen molar-refractivity contribution in [1.29, 1.82) is 0 Å². The fourth-order valence-corrected chi connectivity index (χ4v) is 9.30. The van der Waals surface area contributed by atoms with E-state index in [-0.39, 0.29) is 24.8 Å². The quantitative estimate of drug-likeness (QED) is 0.530. The SMILES string of the molecule is CCc1ccsc1[Si](C)(C)C1=[C]([Ti+2])CC=C1.[Cl-].[Cl-]. The molecule has 1 aliphatic carbocycles. The van der Waals surface area contributed by atoms with E-state index >= 15 is 0 Å². The van der Waals surface area contributed by atoms with Gasteiger partial charge in [0.1, 0.15) is 0 Å². The van der Waals surface area contributed by atoms with Crippen LogP contribution < -0.4 is 29.3 Å². The van der Waals surface area contributed by atoms with Gasteiger partial charge in [0.2, 0.25) is 0 Å². The molecule has 0 radical (unpaired) electrons. The van der Waals surface area contributed by atoms with Crippen molar-refractivity contribution in [3.8, 4) is 0 Å². The van der Waals surface area contributed by atoms with Crippen molar-refractivity contribution in [2.45, 2.75) is 32.9 Å². The van der Waals surface area contributed by atoms with Gasteiger partial charge < -0.3 is 24.8 Å². The Bertz CT molecular complexity index is 463. The van der Waals surface area contributed by atoms with Gasteiger partial charge in [-0.3, -0.25) is 0 Å². The number of allylic oxidation sites excluding steroid dienone is 4. The molecular formula is C13H17Cl2SSiTi. The van der Waals surface area contributed by atoms with Crippen LogP contribution in [0.25, 0.3) is 0 Å². The first-order chi connectivity index (χ1) is 7.57. The molecule has 1 aromatic rings. The Morgan fingerprint density at radius 2 is 2.00 bits per heavy atom. The average molecular weight is 352 g/mol. The van der Waals surface area contributed by atoms with Crippen LogP contribution in [-0.4, -0.2) is 8.07 Å². The summed E-state index contributed by atoms with van der Waals surface area (Å²) < 4.78 is 3.27. The van der Waals surface area contributed by atoms with Crippen molar-refractivity contribution in [1.82, 2.24) is 0 Å². The van der Waals surface area contributed by atoms with Crippen LogP contribution in [0.3, 0.4) is 0 Å². The summed E-state index contributed by atoms with van der Waals surface area (Å²) in [6.07, 6.45) is 7.03. The van der Waals surface area contributed by atoms with E-state index in [1.807, 2.05) is 11.3 Å². The number of hydrogen-bond acceptors (Lipinski definition) is 1. The molecular weight excluding hydrogens is 335 g/mol. The summed E-state index contributed by atoms with van der Waals surface area (Å²) in [5.74, 6) is 0. The van der Waals surface area contributed by atoms with Crippen LogP contribution in [0.15, 0.2) is 32.7 Å². The molecule has 0 aliphatic heterocycles. The first kappa shape index (κ1) is 18.7. The Kier molecular flexibility index (Phi) is 7.75. The molecule has 1 aliphatic rings. The fourth-order valence-electron chi connectivity index (χ4n) is 2.38. The van der Waals surface area contributed by atoms with Gasteiger partial charge in [-0.2, -0.15) is 0 Å². The Balaban J connectivity index is 0.00000144. The number of rotatable bonds is 3. The maximum atomic E-state index is 2.49. The van der Waals surface area contributed by atoms with E-state index in [0.29, 0.717) is 0 Å². The molecule has 0 bridgehead atoms. The van der Waals surface area contributed by atoms with Crippen LogP contribution in [0.4, 0.5) is 0 Å². The van der Waals surface area contributed by atoms with Gasteiger partial charge in [0, 0.05) is 0 Å². The zero-order valence-electron chi connectivity index (χ0n) is 10.9. The van der Waals surface area contributed by atoms with E-state index < -0.39 is 8.07 Å². The third kappa shape index (κ3) is 3.41. The molecule has 0 N–H and O–H groups in total. The van der Waals surface area contributed by atoms with Crippen LogP contribution in [0.5, 0.6) is 0 Å². The second-order valence-electron chi connectivity index (χ2n) is 4.75. The first-order valence-electron chi connectivity index (χ1n) is 5.76. The van der Waals surface area contributed by atoms with Crippen LogP contribution in [0, 0.1) is 0 Å². The van der Waals surface area contributed by atoms with E-state index in [9.17, 15) is 0 Å². The summed E-state index contributed by atoms with van der Waals surface area (Å²) >= 11 is 4.26. The van der Waals surface area contributed by atoms with Gasteiger partial charge in [-0.25, -0.2) is 0 Å². The molecule has 0 unspecified atom stereocenters. The van der Waals surface area contributed by atoms with Crippen LogP contribution in [0.1, 0.15) is 18.9 Å². The molecule has 0 saturated carbocycles. The third-order valence-electron chi connectivity index (χ3n) is 3.30. The van der Waals surface area contributed by atoms with Crippen molar-refractivity contribution in [3.63, 3.8) is 0 Å². The molecule has 0 spiro atoms. The molecule has 97 valence electrons. The molecule has 1 aromatic heterocycles. The van der Waals surface area contributed by atoms with E-state index in [0.717, 1.165) is 0 Å². The van der Waals surface area contributed by atoms with Gasteiger partial charge in [0.05, 0.1) is 0 Å². The topological polar surface area (TPSA) is 0 Å². The van der Waals surface area contributed by atoms with Crippen molar-refractivity contribution >= 4 is 23.9 Å². The first-order valence-corrected chi connectivity index (χ1v) is 10.4. The largest absolute Gasteiger partial charge is 1.00 e. The minimum Gasteiger partial charge on any atom is -1.00 e. The predicted octanol–water partition coefficient (Wildman–Crippen LogP) is -2.47. The standard InChI is InChI=1S/C13H17SSi.2ClH.Ti/c1-4-11-9-10-14-13(11)15(2,3)12-7-5-6-8-12;;;/h5,7,9-10H,4,6H2,1-3H3;2*1H;/q;;;+2/p-2. The number of thiophene rings is 1. The molecule has 1 heterocycles. The van der Waals surface area contributed by atoms with Crippen LogP contribution >= 0.6 is 11.3 Å². The third-order valence-corrected chi connectivity index (χ3v) is 10.4. The number of hydrogen-bond donors (Lipinski definition) is 0. The van der Waals surface area contributed by atoms with Crippen molar-refractivity contribution in [2.24, 2.45) is 0 Å². The molecule has 0 fully saturated rings.